The van der Waals surface area contributed by atoms with Gasteiger partial charge in [-0.1, -0.05) is 6.92 Å². The summed E-state index contributed by atoms with van der Waals surface area (Å²) in [7, 11) is 0. The second-order valence-corrected chi connectivity index (χ2v) is 5.63. The number of hydrogen-bond acceptors (Lipinski definition) is 2. The second kappa shape index (κ2) is 7.50. The minimum atomic E-state index is -0.729. The van der Waals surface area contributed by atoms with Gasteiger partial charge in [0, 0.05) is 23.7 Å². The molecule has 0 atom stereocenters. The average molecular weight is 296 g/mol. The van der Waals surface area contributed by atoms with Crippen molar-refractivity contribution in [2.24, 2.45) is 0 Å². The molecule has 0 aliphatic heterocycles. The Morgan fingerprint density at radius 2 is 1.67 bits per heavy atom. The Kier molecular flexibility index (Phi) is 5.67. The van der Waals surface area contributed by atoms with Crippen molar-refractivity contribution < 1.29 is 13.6 Å². The maximum atomic E-state index is 13.1. The van der Waals surface area contributed by atoms with E-state index in [1.54, 1.807) is 0 Å². The van der Waals surface area contributed by atoms with E-state index >= 15 is 0 Å². The van der Waals surface area contributed by atoms with Crippen molar-refractivity contribution in [3.63, 3.8) is 0 Å². The first kappa shape index (κ1) is 15.9. The Labute approximate surface area is 124 Å². The van der Waals surface area contributed by atoms with Crippen LogP contribution in [-0.2, 0) is 0 Å². The second-order valence-electron chi connectivity index (χ2n) is 5.63. The molecule has 116 valence electrons. The maximum absolute atomic E-state index is 13.1. The number of benzene rings is 1. The molecule has 1 aliphatic carbocycles. The third-order valence-corrected chi connectivity index (χ3v) is 3.87. The monoisotopic (exact) mass is 296 g/mol. The molecular weight excluding hydrogens is 274 g/mol. The van der Waals surface area contributed by atoms with Crippen LogP contribution in [0.1, 0.15) is 49.4 Å². The van der Waals surface area contributed by atoms with Crippen molar-refractivity contribution in [3.05, 3.63) is 35.4 Å². The Bertz CT molecular complexity index is 465. The molecule has 1 fully saturated rings. The topological polar surface area (TPSA) is 41.1 Å². The van der Waals surface area contributed by atoms with E-state index in [-0.39, 0.29) is 11.6 Å². The van der Waals surface area contributed by atoms with Crippen LogP contribution in [-0.4, -0.2) is 24.5 Å². The Morgan fingerprint density at radius 3 is 2.24 bits per heavy atom. The summed E-state index contributed by atoms with van der Waals surface area (Å²) in [5.74, 6) is -1.86. The Morgan fingerprint density at radius 1 is 1.10 bits per heavy atom. The van der Waals surface area contributed by atoms with Crippen molar-refractivity contribution in [2.75, 3.05) is 6.54 Å². The Balaban J connectivity index is 1.84. The summed E-state index contributed by atoms with van der Waals surface area (Å²) in [5, 5.41) is 6.35. The number of carbonyl (C=O) groups excluding carboxylic acids is 1. The van der Waals surface area contributed by atoms with E-state index in [1.807, 2.05) is 0 Å². The molecule has 1 amide bonds. The number of nitrogens with one attached hydrogen (secondary N) is 2. The zero-order chi connectivity index (χ0) is 15.2. The van der Waals surface area contributed by atoms with Gasteiger partial charge in [-0.15, -0.1) is 0 Å². The lowest BCUT2D eigenvalue weighted by molar-refractivity contribution is 0.0923. The molecule has 2 N–H and O–H groups in total. The van der Waals surface area contributed by atoms with Gasteiger partial charge >= 0.3 is 0 Å². The molecule has 0 unspecified atom stereocenters. The molecular formula is C16H22F2N2O. The van der Waals surface area contributed by atoms with Gasteiger partial charge in [-0.2, -0.15) is 0 Å². The first-order chi connectivity index (χ1) is 10.1. The van der Waals surface area contributed by atoms with Crippen LogP contribution in [0.15, 0.2) is 18.2 Å². The van der Waals surface area contributed by atoms with Crippen LogP contribution in [0.2, 0.25) is 0 Å². The summed E-state index contributed by atoms with van der Waals surface area (Å²) in [6.07, 6.45) is 4.93. The average Bonchev–Trinajstić information content (AvgIpc) is 2.45. The fraction of sp³-hybridized carbons (Fsp3) is 0.562. The minimum absolute atomic E-state index is 0.0405. The van der Waals surface area contributed by atoms with Crippen molar-refractivity contribution >= 4 is 5.91 Å². The highest BCUT2D eigenvalue weighted by Crippen LogP contribution is 2.19. The van der Waals surface area contributed by atoms with Crippen LogP contribution in [0.3, 0.4) is 0 Å². The normalized spacial score (nSPS) is 22.0. The van der Waals surface area contributed by atoms with Crippen molar-refractivity contribution in [1.82, 2.24) is 10.6 Å². The van der Waals surface area contributed by atoms with Gasteiger partial charge in [0.25, 0.3) is 5.91 Å². The summed E-state index contributed by atoms with van der Waals surface area (Å²) >= 11 is 0. The summed E-state index contributed by atoms with van der Waals surface area (Å²) < 4.78 is 26.2. The molecule has 3 nitrogen and oxygen atoms in total. The fourth-order valence-corrected chi connectivity index (χ4v) is 2.74. The van der Waals surface area contributed by atoms with Gasteiger partial charge in [0.15, 0.2) is 0 Å². The van der Waals surface area contributed by atoms with Crippen LogP contribution in [0, 0.1) is 11.6 Å². The SMILES string of the molecule is CCCNC1CCC(NC(=O)c2cc(F)cc(F)c2)CC1. The van der Waals surface area contributed by atoms with E-state index < -0.39 is 17.5 Å². The lowest BCUT2D eigenvalue weighted by Crippen LogP contribution is -2.42. The summed E-state index contributed by atoms with van der Waals surface area (Å²) in [5.41, 5.74) is 0.0405. The summed E-state index contributed by atoms with van der Waals surface area (Å²) in [6, 6.07) is 3.49. The van der Waals surface area contributed by atoms with E-state index in [9.17, 15) is 13.6 Å². The van der Waals surface area contributed by atoms with Gasteiger partial charge in [-0.25, -0.2) is 8.78 Å². The molecule has 0 radical (unpaired) electrons. The highest BCUT2D eigenvalue weighted by atomic mass is 19.1. The molecule has 1 saturated carbocycles. The van der Waals surface area contributed by atoms with E-state index in [0.29, 0.717) is 6.04 Å². The third kappa shape index (κ3) is 4.77. The molecule has 5 heteroatoms. The molecule has 1 aliphatic rings. The van der Waals surface area contributed by atoms with Crippen LogP contribution < -0.4 is 10.6 Å². The largest absolute Gasteiger partial charge is 0.349 e. The van der Waals surface area contributed by atoms with Crippen molar-refractivity contribution in [2.45, 2.75) is 51.1 Å². The molecule has 0 saturated heterocycles. The van der Waals surface area contributed by atoms with E-state index in [4.69, 9.17) is 0 Å². The number of carbonyl (C=O) groups is 1. The smallest absolute Gasteiger partial charge is 0.251 e. The molecule has 0 aromatic heterocycles. The van der Waals surface area contributed by atoms with Gasteiger partial charge in [-0.3, -0.25) is 4.79 Å². The number of hydrogen-bond donors (Lipinski definition) is 2. The van der Waals surface area contributed by atoms with Crippen LogP contribution in [0.5, 0.6) is 0 Å². The van der Waals surface area contributed by atoms with Gasteiger partial charge in [0.1, 0.15) is 11.6 Å². The highest BCUT2D eigenvalue weighted by Gasteiger charge is 2.22. The first-order valence-corrected chi connectivity index (χ1v) is 7.59. The Hall–Kier alpha value is -1.49. The number of halogens is 2. The number of rotatable bonds is 5. The van der Waals surface area contributed by atoms with E-state index in [1.165, 1.54) is 0 Å². The molecule has 1 aromatic carbocycles. The van der Waals surface area contributed by atoms with E-state index in [0.717, 1.165) is 56.8 Å². The highest BCUT2D eigenvalue weighted by molar-refractivity contribution is 5.94. The number of amides is 1. The van der Waals surface area contributed by atoms with Gasteiger partial charge < -0.3 is 10.6 Å². The van der Waals surface area contributed by atoms with E-state index in [2.05, 4.69) is 17.6 Å². The zero-order valence-corrected chi connectivity index (χ0v) is 12.3. The van der Waals surface area contributed by atoms with Crippen molar-refractivity contribution in [3.8, 4) is 0 Å². The predicted octanol–water partition coefficient (Wildman–Crippen LogP) is 3.01. The van der Waals surface area contributed by atoms with Crippen LogP contribution >= 0.6 is 0 Å². The minimum Gasteiger partial charge on any atom is -0.349 e. The standard InChI is InChI=1S/C16H22F2N2O/c1-2-7-19-14-3-5-15(6-4-14)20-16(21)11-8-12(17)10-13(18)9-11/h8-10,14-15,19H,2-7H2,1H3,(H,20,21). The van der Waals surface area contributed by atoms with Crippen LogP contribution in [0.25, 0.3) is 0 Å². The first-order valence-electron chi connectivity index (χ1n) is 7.59. The van der Waals surface area contributed by atoms with Gasteiger partial charge in [0.2, 0.25) is 0 Å². The summed E-state index contributed by atoms with van der Waals surface area (Å²) in [4.78, 5) is 12.0. The third-order valence-electron chi connectivity index (χ3n) is 3.87. The molecule has 2 rings (SSSR count). The maximum Gasteiger partial charge on any atom is 0.251 e. The molecule has 0 bridgehead atoms. The fourth-order valence-electron chi connectivity index (χ4n) is 2.74. The lowest BCUT2D eigenvalue weighted by atomic mass is 9.91. The van der Waals surface area contributed by atoms with Crippen molar-refractivity contribution in [1.29, 1.82) is 0 Å². The summed E-state index contributed by atoms with van der Waals surface area (Å²) in [6.45, 7) is 3.15. The molecule has 1 aromatic rings. The molecule has 0 heterocycles. The van der Waals surface area contributed by atoms with Crippen LogP contribution in [0.4, 0.5) is 8.78 Å². The quantitative estimate of drug-likeness (QED) is 0.877. The van der Waals surface area contributed by atoms with Gasteiger partial charge in [-0.05, 0) is 50.8 Å². The molecule has 21 heavy (non-hydrogen) atoms. The zero-order valence-electron chi connectivity index (χ0n) is 12.3. The molecule has 0 spiro atoms. The lowest BCUT2D eigenvalue weighted by Gasteiger charge is -2.29. The van der Waals surface area contributed by atoms with Gasteiger partial charge in [0.05, 0.1) is 0 Å². The predicted molar refractivity (Wildman–Crippen MR) is 78.2 cm³/mol.